The lowest BCUT2D eigenvalue weighted by Crippen LogP contribution is -2.37. The standard InChI is InChI=1S/C21H19N3O/c22-19(12-16-13-23-20-8-4-3-7-18(16)20)21(25)24-17-10-9-14-5-1-2-6-15(14)11-17/h1-11,13,19,23H,12,22H2,(H,24,25)/t19-/m0/s1. The third-order valence-electron chi connectivity index (χ3n) is 4.47. The van der Waals surface area contributed by atoms with Crippen LogP contribution in [-0.4, -0.2) is 16.9 Å². The third kappa shape index (κ3) is 3.12. The number of hydrogen-bond donors (Lipinski definition) is 3. The Bertz CT molecular complexity index is 1050. The van der Waals surface area contributed by atoms with Gasteiger partial charge in [-0.25, -0.2) is 0 Å². The largest absolute Gasteiger partial charge is 0.361 e. The van der Waals surface area contributed by atoms with Crippen LogP contribution < -0.4 is 11.1 Å². The summed E-state index contributed by atoms with van der Waals surface area (Å²) in [6.45, 7) is 0. The van der Waals surface area contributed by atoms with E-state index in [0.717, 1.165) is 32.9 Å². The number of nitrogens with two attached hydrogens (primary N) is 1. The Kier molecular flexibility index (Phi) is 3.96. The van der Waals surface area contributed by atoms with E-state index in [0.29, 0.717) is 6.42 Å². The molecule has 4 heteroatoms. The average molecular weight is 329 g/mol. The maximum absolute atomic E-state index is 12.5. The molecule has 1 heterocycles. The number of aromatic nitrogens is 1. The Morgan fingerprint density at radius 2 is 1.76 bits per heavy atom. The topological polar surface area (TPSA) is 70.9 Å². The summed E-state index contributed by atoms with van der Waals surface area (Å²) in [5, 5.41) is 6.26. The highest BCUT2D eigenvalue weighted by Crippen LogP contribution is 2.21. The highest BCUT2D eigenvalue weighted by molar-refractivity contribution is 5.97. The molecule has 124 valence electrons. The fraction of sp³-hybridized carbons (Fsp3) is 0.0952. The summed E-state index contributed by atoms with van der Waals surface area (Å²) in [6, 6.07) is 21.3. The van der Waals surface area contributed by atoms with E-state index in [1.165, 1.54) is 0 Å². The Labute approximate surface area is 145 Å². The Morgan fingerprint density at radius 3 is 2.64 bits per heavy atom. The lowest BCUT2D eigenvalue weighted by atomic mass is 10.0. The van der Waals surface area contributed by atoms with E-state index in [9.17, 15) is 4.79 Å². The van der Waals surface area contributed by atoms with E-state index in [-0.39, 0.29) is 5.91 Å². The van der Waals surface area contributed by atoms with Crippen molar-refractivity contribution in [1.29, 1.82) is 0 Å². The van der Waals surface area contributed by atoms with Crippen LogP contribution in [0.1, 0.15) is 5.56 Å². The van der Waals surface area contributed by atoms with Crippen LogP contribution in [0.25, 0.3) is 21.7 Å². The number of nitrogens with one attached hydrogen (secondary N) is 2. The molecule has 3 aromatic carbocycles. The quantitative estimate of drug-likeness (QED) is 0.532. The SMILES string of the molecule is N[C@@H](Cc1c[nH]c2ccccc12)C(=O)Nc1ccc2ccccc2c1. The summed E-state index contributed by atoms with van der Waals surface area (Å²) in [5.74, 6) is -0.180. The molecule has 25 heavy (non-hydrogen) atoms. The van der Waals surface area contributed by atoms with Gasteiger partial charge in [-0.05, 0) is 41.0 Å². The van der Waals surface area contributed by atoms with Crippen molar-refractivity contribution in [3.05, 3.63) is 78.5 Å². The molecular weight excluding hydrogens is 310 g/mol. The molecule has 4 nitrogen and oxygen atoms in total. The molecule has 0 saturated carbocycles. The fourth-order valence-electron chi connectivity index (χ4n) is 3.13. The summed E-state index contributed by atoms with van der Waals surface area (Å²) in [7, 11) is 0. The summed E-state index contributed by atoms with van der Waals surface area (Å²) in [6.07, 6.45) is 2.41. The highest BCUT2D eigenvalue weighted by Gasteiger charge is 2.16. The first-order chi connectivity index (χ1) is 12.2. The second kappa shape index (κ2) is 6.42. The number of fused-ring (bicyclic) bond motifs is 2. The van der Waals surface area contributed by atoms with Gasteiger partial charge in [0.1, 0.15) is 0 Å². The van der Waals surface area contributed by atoms with Crippen molar-refractivity contribution in [2.45, 2.75) is 12.5 Å². The number of anilines is 1. The fourth-order valence-corrected chi connectivity index (χ4v) is 3.13. The van der Waals surface area contributed by atoms with Crippen LogP contribution in [0.3, 0.4) is 0 Å². The van der Waals surface area contributed by atoms with Crippen LogP contribution in [0.5, 0.6) is 0 Å². The van der Waals surface area contributed by atoms with E-state index in [4.69, 9.17) is 5.73 Å². The molecule has 1 amide bonds. The first-order valence-corrected chi connectivity index (χ1v) is 8.31. The maximum atomic E-state index is 12.5. The third-order valence-corrected chi connectivity index (χ3v) is 4.47. The minimum atomic E-state index is -0.606. The van der Waals surface area contributed by atoms with Crippen molar-refractivity contribution in [1.82, 2.24) is 4.98 Å². The van der Waals surface area contributed by atoms with Crippen molar-refractivity contribution in [3.8, 4) is 0 Å². The number of rotatable bonds is 4. The van der Waals surface area contributed by atoms with Crippen LogP contribution in [-0.2, 0) is 11.2 Å². The predicted molar refractivity (Wildman–Crippen MR) is 103 cm³/mol. The minimum absolute atomic E-state index is 0.180. The van der Waals surface area contributed by atoms with Gasteiger partial charge < -0.3 is 16.0 Å². The summed E-state index contributed by atoms with van der Waals surface area (Å²) in [5.41, 5.74) is 9.00. The molecule has 4 N–H and O–H groups in total. The maximum Gasteiger partial charge on any atom is 0.241 e. The van der Waals surface area contributed by atoms with Crippen LogP contribution >= 0.6 is 0 Å². The normalized spacial score (nSPS) is 12.4. The second-order valence-electron chi connectivity index (χ2n) is 6.22. The van der Waals surface area contributed by atoms with Gasteiger partial charge in [-0.2, -0.15) is 0 Å². The average Bonchev–Trinajstić information content (AvgIpc) is 3.04. The van der Waals surface area contributed by atoms with Gasteiger partial charge >= 0.3 is 0 Å². The zero-order chi connectivity index (χ0) is 17.2. The lowest BCUT2D eigenvalue weighted by molar-refractivity contribution is -0.117. The number of carbonyl (C=O) groups is 1. The zero-order valence-electron chi connectivity index (χ0n) is 13.7. The van der Waals surface area contributed by atoms with Gasteiger partial charge in [-0.3, -0.25) is 4.79 Å². The van der Waals surface area contributed by atoms with Gasteiger partial charge in [-0.15, -0.1) is 0 Å². The van der Waals surface area contributed by atoms with Crippen molar-refractivity contribution in [3.63, 3.8) is 0 Å². The van der Waals surface area contributed by atoms with E-state index < -0.39 is 6.04 Å². The van der Waals surface area contributed by atoms with Crippen molar-refractivity contribution in [2.24, 2.45) is 5.73 Å². The minimum Gasteiger partial charge on any atom is -0.361 e. The molecule has 0 unspecified atom stereocenters. The molecule has 0 fully saturated rings. The molecule has 0 saturated heterocycles. The monoisotopic (exact) mass is 329 g/mol. The summed E-state index contributed by atoms with van der Waals surface area (Å²) < 4.78 is 0. The molecule has 0 spiro atoms. The smallest absolute Gasteiger partial charge is 0.241 e. The van der Waals surface area contributed by atoms with Gasteiger partial charge in [0.15, 0.2) is 0 Å². The molecule has 0 aliphatic heterocycles. The van der Waals surface area contributed by atoms with E-state index in [1.807, 2.05) is 72.9 Å². The van der Waals surface area contributed by atoms with Crippen molar-refractivity contribution in [2.75, 3.05) is 5.32 Å². The number of hydrogen-bond acceptors (Lipinski definition) is 2. The number of benzene rings is 3. The number of carbonyl (C=O) groups excluding carboxylic acids is 1. The molecule has 4 rings (SSSR count). The van der Waals surface area contributed by atoms with Gasteiger partial charge in [0, 0.05) is 22.8 Å². The van der Waals surface area contributed by atoms with Gasteiger partial charge in [0.25, 0.3) is 0 Å². The first-order valence-electron chi connectivity index (χ1n) is 8.31. The van der Waals surface area contributed by atoms with E-state index in [2.05, 4.69) is 10.3 Å². The molecule has 0 aliphatic carbocycles. The molecule has 0 radical (unpaired) electrons. The summed E-state index contributed by atoms with van der Waals surface area (Å²) >= 11 is 0. The number of amides is 1. The molecule has 1 aromatic heterocycles. The molecule has 0 aliphatic rings. The van der Waals surface area contributed by atoms with Crippen molar-refractivity contribution < 1.29 is 4.79 Å². The van der Waals surface area contributed by atoms with Crippen LogP contribution in [0.15, 0.2) is 72.9 Å². The second-order valence-corrected chi connectivity index (χ2v) is 6.22. The predicted octanol–water partition coefficient (Wildman–Crippen LogP) is 3.83. The number of aromatic amines is 1. The number of H-pyrrole nitrogens is 1. The van der Waals surface area contributed by atoms with Crippen molar-refractivity contribution >= 4 is 33.3 Å². The Balaban J connectivity index is 1.49. The molecule has 4 aromatic rings. The van der Waals surface area contributed by atoms with Crippen LogP contribution in [0.2, 0.25) is 0 Å². The zero-order valence-corrected chi connectivity index (χ0v) is 13.7. The highest BCUT2D eigenvalue weighted by atomic mass is 16.2. The molecule has 0 bridgehead atoms. The lowest BCUT2D eigenvalue weighted by Gasteiger charge is -2.12. The van der Waals surface area contributed by atoms with E-state index in [1.54, 1.807) is 0 Å². The van der Waals surface area contributed by atoms with Crippen LogP contribution in [0.4, 0.5) is 5.69 Å². The summed E-state index contributed by atoms with van der Waals surface area (Å²) in [4.78, 5) is 15.7. The number of para-hydroxylation sites is 1. The first kappa shape index (κ1) is 15.4. The Morgan fingerprint density at radius 1 is 1.00 bits per heavy atom. The van der Waals surface area contributed by atoms with E-state index >= 15 is 0 Å². The molecule has 1 atom stereocenters. The van der Waals surface area contributed by atoms with Gasteiger partial charge in [0.2, 0.25) is 5.91 Å². The van der Waals surface area contributed by atoms with Crippen LogP contribution in [0, 0.1) is 0 Å². The molecular formula is C21H19N3O. The van der Waals surface area contributed by atoms with Gasteiger partial charge in [-0.1, -0.05) is 48.5 Å². The van der Waals surface area contributed by atoms with Gasteiger partial charge in [0.05, 0.1) is 6.04 Å². The Hall–Kier alpha value is -3.11.